The minimum absolute atomic E-state index is 0.155. The number of likely N-dealkylation sites (tertiary alicyclic amines) is 1. The van der Waals surface area contributed by atoms with Crippen molar-refractivity contribution < 1.29 is 23.9 Å². The van der Waals surface area contributed by atoms with Gasteiger partial charge in [0.15, 0.2) is 0 Å². The highest BCUT2D eigenvalue weighted by molar-refractivity contribution is 6.06. The van der Waals surface area contributed by atoms with E-state index in [0.29, 0.717) is 54.4 Å². The molecule has 1 fully saturated rings. The van der Waals surface area contributed by atoms with E-state index in [-0.39, 0.29) is 17.7 Å². The Morgan fingerprint density at radius 1 is 0.822 bits per heavy atom. The third-order valence-electron chi connectivity index (χ3n) is 8.20. The smallest absolute Gasteiger partial charge is 0.258 e. The van der Waals surface area contributed by atoms with Crippen molar-refractivity contribution in [3.8, 4) is 11.5 Å². The van der Waals surface area contributed by atoms with Crippen LogP contribution in [0.25, 0.3) is 0 Å². The molecule has 4 aromatic rings. The summed E-state index contributed by atoms with van der Waals surface area (Å²) in [5.74, 6) is 3.35. The average molecular weight is 604 g/mol. The lowest BCUT2D eigenvalue weighted by atomic mass is 9.87. The van der Waals surface area contributed by atoms with Crippen molar-refractivity contribution in [1.29, 1.82) is 0 Å². The molecular weight excluding hydrogens is 566 g/mol. The number of carbonyl (C=O) groups excluding carboxylic acids is 3. The summed E-state index contributed by atoms with van der Waals surface area (Å²) >= 11 is 0. The van der Waals surface area contributed by atoms with Gasteiger partial charge in [-0.25, -0.2) is 4.79 Å². The summed E-state index contributed by atoms with van der Waals surface area (Å²) < 4.78 is 10.7. The standard InChI is InChI=1S/C37H37N3O5/c1-44-32-15-13-29(14-16-32)37(43)40(30-11-7-4-8-12-30)24-21-31(26-41)39-22-19-27(20-23-39)34-18-17-33(45-2)25-35(34)38-36(42)28-9-5-3-6-10-28/h3-18,25,27H,19-24H2,1-2H3,(H,38,42). The lowest BCUT2D eigenvalue weighted by molar-refractivity contribution is 0.0985. The van der Waals surface area contributed by atoms with E-state index in [0.717, 1.165) is 29.8 Å². The fourth-order valence-corrected chi connectivity index (χ4v) is 5.71. The zero-order chi connectivity index (χ0) is 31.6. The number of carbonyl (C=O) groups is 2. The summed E-state index contributed by atoms with van der Waals surface area (Å²) in [7, 11) is 3.19. The van der Waals surface area contributed by atoms with Crippen LogP contribution in [0.15, 0.2) is 109 Å². The van der Waals surface area contributed by atoms with Gasteiger partial charge in [0.2, 0.25) is 0 Å². The number of benzene rings is 4. The average Bonchev–Trinajstić information content (AvgIpc) is 3.11. The molecule has 0 unspecified atom stereocenters. The Kier molecular flexibility index (Phi) is 10.3. The van der Waals surface area contributed by atoms with Gasteiger partial charge >= 0.3 is 0 Å². The molecule has 0 radical (unpaired) electrons. The third-order valence-corrected chi connectivity index (χ3v) is 8.20. The normalized spacial score (nSPS) is 13.0. The molecule has 8 heteroatoms. The first-order valence-electron chi connectivity index (χ1n) is 15.0. The van der Waals surface area contributed by atoms with Crippen molar-refractivity contribution >= 4 is 29.1 Å². The van der Waals surface area contributed by atoms with Crippen LogP contribution in [0.2, 0.25) is 0 Å². The highest BCUT2D eigenvalue weighted by Gasteiger charge is 2.26. The first-order valence-corrected chi connectivity index (χ1v) is 15.0. The largest absolute Gasteiger partial charge is 0.497 e. The lowest BCUT2D eigenvalue weighted by Gasteiger charge is -2.35. The fraction of sp³-hybridized carbons (Fsp3) is 0.243. The zero-order valence-electron chi connectivity index (χ0n) is 25.6. The van der Waals surface area contributed by atoms with Crippen molar-refractivity contribution in [3.63, 3.8) is 0 Å². The number of ether oxygens (including phenoxy) is 2. The predicted octanol–water partition coefficient (Wildman–Crippen LogP) is 6.59. The predicted molar refractivity (Wildman–Crippen MR) is 176 cm³/mol. The molecule has 1 heterocycles. The van der Waals surface area contributed by atoms with E-state index in [1.54, 1.807) is 55.5 Å². The molecule has 45 heavy (non-hydrogen) atoms. The third kappa shape index (κ3) is 7.61. The van der Waals surface area contributed by atoms with Gasteiger partial charge in [-0.3, -0.25) is 9.59 Å². The van der Waals surface area contributed by atoms with Crippen molar-refractivity contribution in [1.82, 2.24) is 4.90 Å². The first-order chi connectivity index (χ1) is 22.0. The van der Waals surface area contributed by atoms with E-state index in [1.165, 1.54) is 0 Å². The van der Waals surface area contributed by atoms with E-state index in [4.69, 9.17) is 9.47 Å². The molecule has 1 aliphatic heterocycles. The number of hydrogen-bond donors (Lipinski definition) is 1. The summed E-state index contributed by atoms with van der Waals surface area (Å²) in [5.41, 5.74) is 4.18. The van der Waals surface area contributed by atoms with Crippen LogP contribution in [0, 0.1) is 0 Å². The summed E-state index contributed by atoms with van der Waals surface area (Å²) in [6.45, 7) is 1.64. The second-order valence-corrected chi connectivity index (χ2v) is 10.9. The van der Waals surface area contributed by atoms with E-state index < -0.39 is 0 Å². The highest BCUT2D eigenvalue weighted by Crippen LogP contribution is 2.36. The van der Waals surface area contributed by atoms with Crippen LogP contribution in [-0.4, -0.2) is 56.5 Å². The SMILES string of the molecule is COc1ccc(C(=O)N(CCC(=C=O)N2CCC(c3ccc(OC)cc3NC(=O)c3ccccc3)CC2)c2ccccc2)cc1. The maximum atomic E-state index is 13.6. The maximum Gasteiger partial charge on any atom is 0.258 e. The van der Waals surface area contributed by atoms with Crippen LogP contribution >= 0.6 is 0 Å². The zero-order valence-corrected chi connectivity index (χ0v) is 25.6. The molecule has 230 valence electrons. The molecule has 0 spiro atoms. The number of nitrogens with one attached hydrogen (secondary N) is 1. The number of nitrogens with zero attached hydrogens (tertiary/aromatic N) is 2. The summed E-state index contributed by atoms with van der Waals surface area (Å²) in [5, 5.41) is 3.08. The van der Waals surface area contributed by atoms with Crippen LogP contribution in [0.4, 0.5) is 11.4 Å². The Labute approximate surface area is 263 Å². The van der Waals surface area contributed by atoms with Crippen molar-refractivity contribution in [2.45, 2.75) is 25.2 Å². The fourth-order valence-electron chi connectivity index (χ4n) is 5.71. The molecule has 5 rings (SSSR count). The summed E-state index contributed by atoms with van der Waals surface area (Å²) in [4.78, 5) is 42.6. The van der Waals surface area contributed by atoms with Crippen molar-refractivity contribution in [2.24, 2.45) is 0 Å². The number of para-hydroxylation sites is 1. The molecule has 0 bridgehead atoms. The second kappa shape index (κ2) is 14.9. The van der Waals surface area contributed by atoms with Crippen LogP contribution in [0.1, 0.15) is 51.5 Å². The van der Waals surface area contributed by atoms with Gasteiger partial charge in [0, 0.05) is 54.6 Å². The van der Waals surface area contributed by atoms with Gasteiger partial charge in [0.1, 0.15) is 23.1 Å². The number of amides is 2. The minimum atomic E-state index is -0.180. The number of piperidine rings is 1. The van der Waals surface area contributed by atoms with Gasteiger partial charge < -0.3 is 24.6 Å². The van der Waals surface area contributed by atoms with Gasteiger partial charge in [0.05, 0.1) is 14.2 Å². The number of rotatable bonds is 11. The van der Waals surface area contributed by atoms with Crippen molar-refractivity contribution in [2.75, 3.05) is 44.1 Å². The Bertz CT molecular complexity index is 1640. The van der Waals surface area contributed by atoms with Gasteiger partial charge in [-0.05, 0) is 78.9 Å². The first kappa shape index (κ1) is 31.1. The minimum Gasteiger partial charge on any atom is -0.497 e. The molecule has 1 saturated heterocycles. The van der Waals surface area contributed by atoms with E-state index in [2.05, 4.69) is 16.2 Å². The Morgan fingerprint density at radius 2 is 1.44 bits per heavy atom. The molecule has 4 aromatic carbocycles. The molecule has 8 nitrogen and oxygen atoms in total. The van der Waals surface area contributed by atoms with Gasteiger partial charge in [0.25, 0.3) is 11.8 Å². The van der Waals surface area contributed by atoms with E-state index in [9.17, 15) is 14.4 Å². The van der Waals surface area contributed by atoms with E-state index in [1.807, 2.05) is 66.7 Å². The van der Waals surface area contributed by atoms with Gasteiger partial charge in [-0.2, -0.15) is 0 Å². The molecule has 0 aromatic heterocycles. The molecule has 0 saturated carbocycles. The molecule has 2 amide bonds. The summed E-state index contributed by atoms with van der Waals surface area (Å²) in [6, 6.07) is 31.4. The number of methoxy groups -OCH3 is 2. The number of hydrogen-bond acceptors (Lipinski definition) is 6. The lowest BCUT2D eigenvalue weighted by Crippen LogP contribution is -2.36. The second-order valence-electron chi connectivity index (χ2n) is 10.9. The monoisotopic (exact) mass is 603 g/mol. The molecule has 1 N–H and O–H groups in total. The molecular formula is C37H37N3O5. The van der Waals surface area contributed by atoms with Crippen LogP contribution in [0.5, 0.6) is 11.5 Å². The Hall–Kier alpha value is -5.33. The van der Waals surface area contributed by atoms with Gasteiger partial charge in [-0.1, -0.05) is 42.5 Å². The van der Waals surface area contributed by atoms with Crippen LogP contribution < -0.4 is 19.7 Å². The highest BCUT2D eigenvalue weighted by atomic mass is 16.5. The van der Waals surface area contributed by atoms with Gasteiger partial charge in [-0.15, -0.1) is 0 Å². The molecule has 0 aliphatic carbocycles. The maximum absolute atomic E-state index is 13.6. The summed E-state index contributed by atoms with van der Waals surface area (Å²) in [6.07, 6.45) is 1.95. The van der Waals surface area contributed by atoms with Crippen molar-refractivity contribution in [3.05, 3.63) is 126 Å². The van der Waals surface area contributed by atoms with Crippen LogP contribution in [-0.2, 0) is 4.79 Å². The number of anilines is 2. The molecule has 1 aliphatic rings. The quantitative estimate of drug-likeness (QED) is 0.195. The Morgan fingerprint density at radius 3 is 2.07 bits per heavy atom. The molecule has 0 atom stereocenters. The van der Waals surface area contributed by atoms with Crippen LogP contribution in [0.3, 0.4) is 0 Å². The van der Waals surface area contributed by atoms with E-state index >= 15 is 0 Å². The topological polar surface area (TPSA) is 88.2 Å². The Balaban J connectivity index is 1.26.